The zero-order chi connectivity index (χ0) is 21.9. The zero-order valence-electron chi connectivity index (χ0n) is 17.7. The van der Waals surface area contributed by atoms with Gasteiger partial charge in [-0.2, -0.15) is 0 Å². The van der Waals surface area contributed by atoms with Gasteiger partial charge >= 0.3 is 0 Å². The third-order valence-corrected chi connectivity index (χ3v) is 5.06. The van der Waals surface area contributed by atoms with Crippen LogP contribution in [0.1, 0.15) is 71.8 Å². The first-order chi connectivity index (χ1) is 13.6. The van der Waals surface area contributed by atoms with Crippen LogP contribution in [0.3, 0.4) is 0 Å². The quantitative estimate of drug-likeness (QED) is 0.272. The van der Waals surface area contributed by atoms with E-state index in [1.54, 1.807) is 0 Å². The summed E-state index contributed by atoms with van der Waals surface area (Å²) in [6, 6.07) is 5.79. The van der Waals surface area contributed by atoms with Gasteiger partial charge in [0.2, 0.25) is 5.91 Å². The third-order valence-electron chi connectivity index (χ3n) is 4.23. The van der Waals surface area contributed by atoms with E-state index in [9.17, 15) is 9.59 Å². The summed E-state index contributed by atoms with van der Waals surface area (Å²) in [4.78, 5) is 23.7. The van der Waals surface area contributed by atoms with Crippen molar-refractivity contribution in [3.63, 3.8) is 0 Å². The molecule has 162 valence electrons. The molecule has 0 aromatic heterocycles. The lowest BCUT2D eigenvalue weighted by Crippen LogP contribution is -2.49. The molecule has 6 nitrogen and oxygen atoms in total. The largest absolute Gasteiger partial charge is 0.483 e. The molecule has 0 aliphatic rings. The molecular weight excluding hydrogens is 454 g/mol. The van der Waals surface area contributed by atoms with Crippen molar-refractivity contribution in [3.8, 4) is 5.75 Å². The number of hydrogen-bond acceptors (Lipinski definition) is 4. The monoisotopic (exact) mass is 485 g/mol. The number of nitrogens with one attached hydrogen (secondary N) is 3. The lowest BCUT2D eigenvalue weighted by molar-refractivity contribution is -0.124. The SMILES string of the molecule is CCCCCCCC(=O)NC(=S)NNC(=O)COc1ccc(C(C)(C)C)cc1Br. The Kier molecular flexibility index (Phi) is 11.2. The van der Waals surface area contributed by atoms with Crippen LogP contribution in [0, 0.1) is 0 Å². The minimum Gasteiger partial charge on any atom is -0.483 e. The molecule has 0 aliphatic heterocycles. The van der Waals surface area contributed by atoms with Gasteiger partial charge < -0.3 is 10.1 Å². The number of thiocarbonyl (C=S) groups is 1. The lowest BCUT2D eigenvalue weighted by atomic mass is 9.87. The highest BCUT2D eigenvalue weighted by Crippen LogP contribution is 2.31. The van der Waals surface area contributed by atoms with Gasteiger partial charge in [0.15, 0.2) is 11.7 Å². The van der Waals surface area contributed by atoms with Crippen LogP contribution in [-0.4, -0.2) is 23.5 Å². The molecule has 0 saturated heterocycles. The van der Waals surface area contributed by atoms with E-state index in [2.05, 4.69) is 59.8 Å². The zero-order valence-corrected chi connectivity index (χ0v) is 20.1. The number of carbonyl (C=O) groups is 2. The molecule has 1 aromatic rings. The van der Waals surface area contributed by atoms with E-state index >= 15 is 0 Å². The first kappa shape index (κ1) is 25.4. The molecule has 0 heterocycles. The van der Waals surface area contributed by atoms with Gasteiger partial charge in [0.25, 0.3) is 5.91 Å². The predicted molar refractivity (Wildman–Crippen MR) is 124 cm³/mol. The average Bonchev–Trinajstić information content (AvgIpc) is 2.64. The Morgan fingerprint density at radius 3 is 2.38 bits per heavy atom. The fourth-order valence-corrected chi connectivity index (χ4v) is 3.16. The molecule has 0 unspecified atom stereocenters. The molecule has 2 amide bonds. The maximum absolute atomic E-state index is 11.9. The van der Waals surface area contributed by atoms with E-state index in [-0.39, 0.29) is 23.0 Å². The number of amides is 2. The Hall–Kier alpha value is -1.67. The van der Waals surface area contributed by atoms with Gasteiger partial charge in [-0.1, -0.05) is 59.4 Å². The van der Waals surface area contributed by atoms with Gasteiger partial charge in [-0.05, 0) is 57.7 Å². The van der Waals surface area contributed by atoms with Gasteiger partial charge in [0.05, 0.1) is 4.47 Å². The summed E-state index contributed by atoms with van der Waals surface area (Å²) in [5.41, 5.74) is 6.11. The maximum atomic E-state index is 11.9. The van der Waals surface area contributed by atoms with Crippen molar-refractivity contribution in [2.45, 2.75) is 71.6 Å². The summed E-state index contributed by atoms with van der Waals surface area (Å²) in [6.07, 6.45) is 5.77. The summed E-state index contributed by atoms with van der Waals surface area (Å²) in [5.74, 6) is 0.00688. The average molecular weight is 486 g/mol. The molecule has 3 N–H and O–H groups in total. The second-order valence-corrected chi connectivity index (χ2v) is 9.16. The van der Waals surface area contributed by atoms with Crippen LogP contribution in [0.4, 0.5) is 0 Å². The first-order valence-electron chi connectivity index (χ1n) is 9.95. The van der Waals surface area contributed by atoms with E-state index in [1.807, 2.05) is 18.2 Å². The predicted octanol–water partition coefficient (Wildman–Crippen LogP) is 4.51. The summed E-state index contributed by atoms with van der Waals surface area (Å²) in [5, 5.41) is 2.61. The Labute approximate surface area is 187 Å². The van der Waals surface area contributed by atoms with Gasteiger partial charge in [-0.3, -0.25) is 20.4 Å². The molecule has 8 heteroatoms. The Bertz CT molecular complexity index is 705. The Morgan fingerprint density at radius 2 is 1.76 bits per heavy atom. The van der Waals surface area contributed by atoms with Crippen molar-refractivity contribution >= 4 is 45.1 Å². The summed E-state index contributed by atoms with van der Waals surface area (Å²) in [7, 11) is 0. The van der Waals surface area contributed by atoms with E-state index in [0.717, 1.165) is 29.3 Å². The molecule has 29 heavy (non-hydrogen) atoms. The van der Waals surface area contributed by atoms with E-state index in [1.165, 1.54) is 12.8 Å². The van der Waals surface area contributed by atoms with E-state index in [0.29, 0.717) is 12.2 Å². The van der Waals surface area contributed by atoms with Crippen LogP contribution in [0.15, 0.2) is 22.7 Å². The van der Waals surface area contributed by atoms with Crippen LogP contribution in [-0.2, 0) is 15.0 Å². The first-order valence-corrected chi connectivity index (χ1v) is 11.1. The molecule has 0 saturated carbocycles. The molecule has 1 rings (SSSR count). The highest BCUT2D eigenvalue weighted by atomic mass is 79.9. The van der Waals surface area contributed by atoms with Crippen molar-refractivity contribution in [3.05, 3.63) is 28.2 Å². The van der Waals surface area contributed by atoms with Crippen molar-refractivity contribution in [1.29, 1.82) is 0 Å². The molecule has 0 atom stereocenters. The van der Waals surface area contributed by atoms with Crippen LogP contribution >= 0.6 is 28.1 Å². The highest BCUT2D eigenvalue weighted by Gasteiger charge is 2.15. The van der Waals surface area contributed by atoms with Crippen LogP contribution in [0.25, 0.3) is 0 Å². The van der Waals surface area contributed by atoms with Crippen molar-refractivity contribution < 1.29 is 14.3 Å². The Morgan fingerprint density at radius 1 is 1.07 bits per heavy atom. The number of carbonyl (C=O) groups excluding carboxylic acids is 2. The summed E-state index contributed by atoms with van der Waals surface area (Å²) in [6.45, 7) is 8.35. The number of unbranched alkanes of at least 4 members (excludes halogenated alkanes) is 4. The summed E-state index contributed by atoms with van der Waals surface area (Å²) >= 11 is 8.48. The second-order valence-electron chi connectivity index (χ2n) is 7.90. The van der Waals surface area contributed by atoms with Gasteiger partial charge in [0, 0.05) is 6.42 Å². The number of benzene rings is 1. The van der Waals surface area contributed by atoms with Crippen LogP contribution in [0.2, 0.25) is 0 Å². The van der Waals surface area contributed by atoms with Crippen molar-refractivity contribution in [1.82, 2.24) is 16.2 Å². The lowest BCUT2D eigenvalue weighted by Gasteiger charge is -2.20. The number of ether oxygens (including phenoxy) is 1. The van der Waals surface area contributed by atoms with Crippen LogP contribution in [0.5, 0.6) is 5.75 Å². The minimum absolute atomic E-state index is 0.0258. The Balaban J connectivity index is 2.30. The molecule has 0 fully saturated rings. The molecule has 1 aromatic carbocycles. The standard InChI is InChI=1S/C21H32BrN3O3S/c1-5-6-7-8-9-10-18(26)23-20(29)25-24-19(27)14-28-17-12-11-15(13-16(17)22)21(2,3)4/h11-13H,5-10,14H2,1-4H3,(H,24,27)(H2,23,25,26,29). The topological polar surface area (TPSA) is 79.5 Å². The second kappa shape index (κ2) is 12.8. The van der Waals surface area contributed by atoms with E-state index in [4.69, 9.17) is 17.0 Å². The molecule has 0 radical (unpaired) electrons. The normalized spacial score (nSPS) is 10.9. The molecule has 0 bridgehead atoms. The van der Waals surface area contributed by atoms with Crippen molar-refractivity contribution in [2.75, 3.05) is 6.61 Å². The highest BCUT2D eigenvalue weighted by molar-refractivity contribution is 9.10. The van der Waals surface area contributed by atoms with Gasteiger partial charge in [-0.15, -0.1) is 0 Å². The van der Waals surface area contributed by atoms with Crippen molar-refractivity contribution in [2.24, 2.45) is 0 Å². The summed E-state index contributed by atoms with van der Waals surface area (Å²) < 4.78 is 6.32. The van der Waals surface area contributed by atoms with Gasteiger partial charge in [0.1, 0.15) is 5.75 Å². The fourth-order valence-electron chi connectivity index (χ4n) is 2.50. The number of rotatable bonds is 9. The van der Waals surface area contributed by atoms with E-state index < -0.39 is 5.91 Å². The number of hydrazine groups is 1. The van der Waals surface area contributed by atoms with Gasteiger partial charge in [-0.25, -0.2) is 0 Å². The molecule has 0 aliphatic carbocycles. The third kappa shape index (κ3) is 10.6. The number of hydrogen-bond donors (Lipinski definition) is 3. The smallest absolute Gasteiger partial charge is 0.276 e. The molecule has 0 spiro atoms. The van der Waals surface area contributed by atoms with Crippen LogP contribution < -0.4 is 20.9 Å². The fraction of sp³-hybridized carbons (Fsp3) is 0.571. The molecular formula is C21H32BrN3O3S. The number of halogens is 1. The maximum Gasteiger partial charge on any atom is 0.276 e. The minimum atomic E-state index is -0.409.